The van der Waals surface area contributed by atoms with Crippen LogP contribution in [0.4, 0.5) is 5.69 Å². The van der Waals surface area contributed by atoms with Gasteiger partial charge in [-0.1, -0.05) is 13.8 Å². The molecule has 0 N–H and O–H groups in total. The number of aromatic nitrogens is 1. The molecule has 0 aromatic carbocycles. The zero-order valence-corrected chi connectivity index (χ0v) is 13.3. The van der Waals surface area contributed by atoms with Crippen LogP contribution in [0.25, 0.3) is 0 Å². The number of rotatable bonds is 2. The van der Waals surface area contributed by atoms with Crippen LogP contribution in [0.2, 0.25) is 0 Å². The van der Waals surface area contributed by atoms with Gasteiger partial charge in [-0.05, 0) is 31.4 Å². The van der Waals surface area contributed by atoms with Gasteiger partial charge in [0.1, 0.15) is 0 Å². The third-order valence-corrected chi connectivity index (χ3v) is 4.80. The van der Waals surface area contributed by atoms with E-state index in [2.05, 4.69) is 4.98 Å². The minimum absolute atomic E-state index is 0.0301. The van der Waals surface area contributed by atoms with Gasteiger partial charge in [0, 0.05) is 25.2 Å². The van der Waals surface area contributed by atoms with Gasteiger partial charge in [0.2, 0.25) is 11.8 Å². The molecule has 5 heteroatoms. The number of amides is 2. The van der Waals surface area contributed by atoms with Crippen molar-refractivity contribution in [2.45, 2.75) is 45.1 Å². The molecule has 0 unspecified atom stereocenters. The summed E-state index contributed by atoms with van der Waals surface area (Å²) in [6, 6.07) is 3.74. The zero-order chi connectivity index (χ0) is 15.7. The molecule has 3 heterocycles. The lowest BCUT2D eigenvalue weighted by Crippen LogP contribution is -2.57. The summed E-state index contributed by atoms with van der Waals surface area (Å²) in [7, 11) is 0. The van der Waals surface area contributed by atoms with Crippen LogP contribution in [-0.2, 0) is 9.59 Å². The van der Waals surface area contributed by atoms with Crippen LogP contribution in [-0.4, -0.2) is 40.3 Å². The maximum absolute atomic E-state index is 12.6. The molecule has 2 fully saturated rings. The molecular formula is C17H23N3O2. The van der Waals surface area contributed by atoms with E-state index in [0.717, 1.165) is 31.5 Å². The predicted molar refractivity (Wildman–Crippen MR) is 84.3 cm³/mol. The highest BCUT2D eigenvalue weighted by molar-refractivity contribution is 5.97. The van der Waals surface area contributed by atoms with E-state index in [0.29, 0.717) is 13.0 Å². The number of likely N-dealkylation sites (tertiary alicyclic amines) is 1. The molecule has 2 amide bonds. The van der Waals surface area contributed by atoms with E-state index in [1.54, 1.807) is 17.3 Å². The Morgan fingerprint density at radius 3 is 2.86 bits per heavy atom. The van der Waals surface area contributed by atoms with Crippen molar-refractivity contribution in [3.05, 3.63) is 24.5 Å². The molecule has 0 radical (unpaired) electrons. The molecule has 22 heavy (non-hydrogen) atoms. The summed E-state index contributed by atoms with van der Waals surface area (Å²) in [5.41, 5.74) is 0.499. The monoisotopic (exact) mass is 301 g/mol. The molecular weight excluding hydrogens is 278 g/mol. The van der Waals surface area contributed by atoms with E-state index in [4.69, 9.17) is 0 Å². The van der Waals surface area contributed by atoms with Gasteiger partial charge in [-0.25, -0.2) is 0 Å². The molecule has 3 rings (SSSR count). The molecule has 2 aliphatic rings. The van der Waals surface area contributed by atoms with Gasteiger partial charge in [-0.15, -0.1) is 0 Å². The number of anilines is 1. The largest absolute Gasteiger partial charge is 0.334 e. The van der Waals surface area contributed by atoms with Crippen molar-refractivity contribution < 1.29 is 9.59 Å². The fraction of sp³-hybridized carbons (Fsp3) is 0.588. The van der Waals surface area contributed by atoms with E-state index in [9.17, 15) is 9.59 Å². The Morgan fingerprint density at radius 2 is 2.18 bits per heavy atom. The minimum atomic E-state index is -0.327. The standard InChI is InChI=1S/C17H23N3O2/c1-13(2)16(22)20-9-4-3-7-17(20)10-15(21)19(12-17)14-6-5-8-18-11-14/h5-6,8,11,13H,3-4,7,9-10,12H2,1-2H3/t17-/m1/s1. The number of hydrogen-bond acceptors (Lipinski definition) is 3. The molecule has 1 atom stereocenters. The molecule has 2 aliphatic heterocycles. The van der Waals surface area contributed by atoms with Crippen LogP contribution in [0.1, 0.15) is 39.5 Å². The first kappa shape index (κ1) is 15.0. The van der Waals surface area contributed by atoms with E-state index < -0.39 is 0 Å². The normalized spacial score (nSPS) is 25.3. The summed E-state index contributed by atoms with van der Waals surface area (Å²) in [4.78, 5) is 33.0. The maximum Gasteiger partial charge on any atom is 0.229 e. The maximum atomic E-state index is 12.6. The topological polar surface area (TPSA) is 53.5 Å². The summed E-state index contributed by atoms with van der Waals surface area (Å²) in [5.74, 6) is 0.231. The molecule has 1 spiro atoms. The Morgan fingerprint density at radius 1 is 1.36 bits per heavy atom. The lowest BCUT2D eigenvalue weighted by molar-refractivity contribution is -0.142. The van der Waals surface area contributed by atoms with E-state index in [1.807, 2.05) is 30.9 Å². The highest BCUT2D eigenvalue weighted by Crippen LogP contribution is 2.39. The molecule has 5 nitrogen and oxygen atoms in total. The molecule has 1 aromatic heterocycles. The Kier molecular flexibility index (Phi) is 3.89. The summed E-state index contributed by atoms with van der Waals surface area (Å²) >= 11 is 0. The first-order valence-corrected chi connectivity index (χ1v) is 8.05. The summed E-state index contributed by atoms with van der Waals surface area (Å²) < 4.78 is 0. The summed E-state index contributed by atoms with van der Waals surface area (Å²) in [6.07, 6.45) is 6.87. The lowest BCUT2D eigenvalue weighted by Gasteiger charge is -2.45. The lowest BCUT2D eigenvalue weighted by atomic mass is 9.84. The smallest absolute Gasteiger partial charge is 0.229 e. The van der Waals surface area contributed by atoms with E-state index in [-0.39, 0.29) is 23.3 Å². The van der Waals surface area contributed by atoms with Gasteiger partial charge in [0.05, 0.1) is 23.8 Å². The van der Waals surface area contributed by atoms with Crippen LogP contribution in [0.3, 0.4) is 0 Å². The summed E-state index contributed by atoms with van der Waals surface area (Å²) in [5, 5.41) is 0. The second kappa shape index (κ2) is 5.71. The van der Waals surface area contributed by atoms with Crippen LogP contribution < -0.4 is 4.90 Å². The first-order chi connectivity index (χ1) is 10.5. The highest BCUT2D eigenvalue weighted by atomic mass is 16.2. The number of pyridine rings is 1. The Bertz CT molecular complexity index is 573. The minimum Gasteiger partial charge on any atom is -0.334 e. The molecule has 0 bridgehead atoms. The van der Waals surface area contributed by atoms with Crippen molar-refractivity contribution in [2.75, 3.05) is 18.0 Å². The van der Waals surface area contributed by atoms with Crippen molar-refractivity contribution in [1.82, 2.24) is 9.88 Å². The van der Waals surface area contributed by atoms with E-state index in [1.165, 1.54) is 0 Å². The van der Waals surface area contributed by atoms with Gasteiger partial charge in [0.15, 0.2) is 0 Å². The third-order valence-electron chi connectivity index (χ3n) is 4.80. The first-order valence-electron chi connectivity index (χ1n) is 8.05. The summed E-state index contributed by atoms with van der Waals surface area (Å²) in [6.45, 7) is 5.22. The van der Waals surface area contributed by atoms with Crippen molar-refractivity contribution >= 4 is 17.5 Å². The van der Waals surface area contributed by atoms with Crippen LogP contribution >= 0.6 is 0 Å². The molecule has 0 saturated carbocycles. The Hall–Kier alpha value is -1.91. The van der Waals surface area contributed by atoms with Gasteiger partial charge in [0.25, 0.3) is 0 Å². The average molecular weight is 301 g/mol. The highest BCUT2D eigenvalue weighted by Gasteiger charge is 2.50. The van der Waals surface area contributed by atoms with Crippen molar-refractivity contribution in [1.29, 1.82) is 0 Å². The molecule has 2 saturated heterocycles. The van der Waals surface area contributed by atoms with Crippen LogP contribution in [0.5, 0.6) is 0 Å². The molecule has 0 aliphatic carbocycles. The molecule has 1 aromatic rings. The quantitative estimate of drug-likeness (QED) is 0.841. The fourth-order valence-electron chi connectivity index (χ4n) is 3.66. The molecule has 118 valence electrons. The van der Waals surface area contributed by atoms with Crippen molar-refractivity contribution in [2.24, 2.45) is 5.92 Å². The number of nitrogens with zero attached hydrogens (tertiary/aromatic N) is 3. The van der Waals surface area contributed by atoms with Gasteiger partial charge < -0.3 is 9.80 Å². The second-order valence-electron chi connectivity index (χ2n) is 6.69. The second-order valence-corrected chi connectivity index (χ2v) is 6.69. The van der Waals surface area contributed by atoms with Crippen LogP contribution in [0.15, 0.2) is 24.5 Å². The van der Waals surface area contributed by atoms with Crippen molar-refractivity contribution in [3.63, 3.8) is 0 Å². The zero-order valence-electron chi connectivity index (χ0n) is 13.3. The Labute approximate surface area is 131 Å². The fourth-order valence-corrected chi connectivity index (χ4v) is 3.66. The van der Waals surface area contributed by atoms with Crippen molar-refractivity contribution in [3.8, 4) is 0 Å². The van der Waals surface area contributed by atoms with Gasteiger partial charge >= 0.3 is 0 Å². The van der Waals surface area contributed by atoms with Crippen LogP contribution in [0, 0.1) is 5.92 Å². The number of carbonyl (C=O) groups is 2. The number of piperidine rings is 1. The van der Waals surface area contributed by atoms with Gasteiger partial charge in [-0.2, -0.15) is 0 Å². The average Bonchev–Trinajstić information content (AvgIpc) is 2.85. The number of hydrogen-bond donors (Lipinski definition) is 0. The van der Waals surface area contributed by atoms with Gasteiger partial charge in [-0.3, -0.25) is 14.6 Å². The number of carbonyl (C=O) groups excluding carboxylic acids is 2. The van der Waals surface area contributed by atoms with E-state index >= 15 is 0 Å². The Balaban J connectivity index is 1.89. The predicted octanol–water partition coefficient (Wildman–Crippen LogP) is 2.23. The third kappa shape index (κ3) is 2.49. The SMILES string of the molecule is CC(C)C(=O)N1CCCC[C@]12CC(=O)N(c1cccnc1)C2.